The highest BCUT2D eigenvalue weighted by atomic mass is 16.5. The van der Waals surface area contributed by atoms with Crippen LogP contribution in [0.5, 0.6) is 0 Å². The van der Waals surface area contributed by atoms with Crippen LogP contribution in [-0.2, 0) is 9.53 Å². The highest BCUT2D eigenvalue weighted by Gasteiger charge is 2.29. The number of benzene rings is 2. The molecule has 0 aliphatic carbocycles. The first-order valence-corrected chi connectivity index (χ1v) is 7.08. The van der Waals surface area contributed by atoms with Crippen LogP contribution in [0.25, 0.3) is 0 Å². The lowest BCUT2D eigenvalue weighted by Crippen LogP contribution is -2.19. The summed E-state index contributed by atoms with van der Waals surface area (Å²) in [6.45, 7) is 3.80. The number of hydrogen-bond acceptors (Lipinski definition) is 4. The van der Waals surface area contributed by atoms with Crippen LogP contribution in [0.1, 0.15) is 28.7 Å². The summed E-state index contributed by atoms with van der Waals surface area (Å²) in [7, 11) is 1.28. The van der Waals surface area contributed by atoms with Crippen LogP contribution in [0, 0.1) is 11.3 Å². The van der Waals surface area contributed by atoms with E-state index in [0.29, 0.717) is 11.1 Å². The lowest BCUT2D eigenvalue weighted by atomic mass is 9.83. The van der Waals surface area contributed by atoms with Gasteiger partial charge in [-0.1, -0.05) is 49.0 Å². The lowest BCUT2D eigenvalue weighted by molar-refractivity contribution is -0.136. The molecule has 0 fully saturated rings. The normalized spacial score (nSPS) is 12.7. The number of ether oxygens (including phenoxy) is 1. The first kappa shape index (κ1) is 16.5. The summed E-state index contributed by atoms with van der Waals surface area (Å²) in [4.78, 5) is 11.9. The maximum absolute atomic E-state index is 11.9. The number of methoxy groups -OCH3 is 1. The maximum Gasteiger partial charge on any atom is 0.333 e. The number of carbonyl (C=O) groups is 1. The van der Waals surface area contributed by atoms with E-state index in [0.717, 1.165) is 5.56 Å². The largest absolute Gasteiger partial charge is 0.466 e. The molecule has 0 aliphatic rings. The van der Waals surface area contributed by atoms with E-state index in [2.05, 4.69) is 6.58 Å². The average Bonchev–Trinajstić information content (AvgIpc) is 2.62. The standard InChI is InChI=1S/C19H17NO3/c1-13(19(22)23-2)17(15-6-4-3-5-7-15)18(21)16-10-8-14(12-20)9-11-16/h3-11,17-18,21H,1H2,2H3/t17-,18+/m0/s1. The Balaban J connectivity index is 2.42. The Hall–Kier alpha value is -2.90. The number of carbonyl (C=O) groups excluding carboxylic acids is 1. The molecule has 0 unspecified atom stereocenters. The highest BCUT2D eigenvalue weighted by Crippen LogP contribution is 2.36. The van der Waals surface area contributed by atoms with Crippen LogP contribution in [-0.4, -0.2) is 18.2 Å². The third kappa shape index (κ3) is 3.65. The summed E-state index contributed by atoms with van der Waals surface area (Å²) >= 11 is 0. The Labute approximate surface area is 135 Å². The molecule has 0 radical (unpaired) electrons. The molecule has 0 saturated heterocycles. The van der Waals surface area contributed by atoms with Gasteiger partial charge in [-0.05, 0) is 23.3 Å². The summed E-state index contributed by atoms with van der Waals surface area (Å²) in [5, 5.41) is 19.6. The van der Waals surface area contributed by atoms with E-state index < -0.39 is 18.0 Å². The first-order valence-electron chi connectivity index (χ1n) is 7.08. The summed E-state index contributed by atoms with van der Waals surface area (Å²) < 4.78 is 4.74. The summed E-state index contributed by atoms with van der Waals surface area (Å²) in [6.07, 6.45) is -0.975. The summed E-state index contributed by atoms with van der Waals surface area (Å²) in [5.74, 6) is -1.19. The molecule has 116 valence electrons. The number of hydrogen-bond donors (Lipinski definition) is 1. The molecular weight excluding hydrogens is 290 g/mol. The molecule has 2 aromatic carbocycles. The van der Waals surface area contributed by atoms with Crippen LogP contribution in [0.4, 0.5) is 0 Å². The predicted molar refractivity (Wildman–Crippen MR) is 86.5 cm³/mol. The fourth-order valence-corrected chi connectivity index (χ4v) is 2.44. The van der Waals surface area contributed by atoms with Gasteiger partial charge in [-0.2, -0.15) is 5.26 Å². The fourth-order valence-electron chi connectivity index (χ4n) is 2.44. The van der Waals surface area contributed by atoms with Gasteiger partial charge >= 0.3 is 5.97 Å². The minimum Gasteiger partial charge on any atom is -0.466 e. The van der Waals surface area contributed by atoms with Crippen molar-refractivity contribution >= 4 is 5.97 Å². The van der Waals surface area contributed by atoms with Gasteiger partial charge in [-0.3, -0.25) is 0 Å². The number of aliphatic hydroxyl groups is 1. The highest BCUT2D eigenvalue weighted by molar-refractivity contribution is 5.89. The molecule has 0 heterocycles. The van der Waals surface area contributed by atoms with E-state index in [1.54, 1.807) is 24.3 Å². The molecule has 4 heteroatoms. The van der Waals surface area contributed by atoms with Crippen molar-refractivity contribution in [2.24, 2.45) is 0 Å². The number of aliphatic hydroxyl groups excluding tert-OH is 1. The van der Waals surface area contributed by atoms with Gasteiger partial charge in [0.15, 0.2) is 0 Å². The molecular formula is C19H17NO3. The summed E-state index contributed by atoms with van der Waals surface area (Å²) in [6, 6.07) is 17.8. The first-order chi connectivity index (χ1) is 11.1. The topological polar surface area (TPSA) is 70.3 Å². The second kappa shape index (κ2) is 7.39. The van der Waals surface area contributed by atoms with Crippen molar-refractivity contribution in [1.82, 2.24) is 0 Å². The zero-order valence-corrected chi connectivity index (χ0v) is 12.8. The van der Waals surface area contributed by atoms with Gasteiger partial charge in [0.2, 0.25) is 0 Å². The molecule has 0 amide bonds. The number of rotatable bonds is 5. The Morgan fingerprint density at radius 1 is 1.13 bits per heavy atom. The van der Waals surface area contributed by atoms with Gasteiger partial charge in [-0.25, -0.2) is 4.79 Å². The van der Waals surface area contributed by atoms with Crippen molar-refractivity contribution in [3.63, 3.8) is 0 Å². The van der Waals surface area contributed by atoms with Crippen LogP contribution in [0.2, 0.25) is 0 Å². The zero-order valence-electron chi connectivity index (χ0n) is 12.8. The predicted octanol–water partition coefficient (Wildman–Crippen LogP) is 3.10. The average molecular weight is 307 g/mol. The molecule has 2 rings (SSSR count). The third-order valence-corrected chi connectivity index (χ3v) is 3.68. The van der Waals surface area contributed by atoms with E-state index >= 15 is 0 Å². The molecule has 4 nitrogen and oxygen atoms in total. The molecule has 2 atom stereocenters. The fraction of sp³-hybridized carbons (Fsp3) is 0.158. The second-order valence-corrected chi connectivity index (χ2v) is 5.08. The Bertz CT molecular complexity index is 729. The van der Waals surface area contributed by atoms with E-state index in [1.807, 2.05) is 36.4 Å². The summed E-state index contributed by atoms with van der Waals surface area (Å²) in [5.41, 5.74) is 2.04. The second-order valence-electron chi connectivity index (χ2n) is 5.08. The Morgan fingerprint density at radius 2 is 1.74 bits per heavy atom. The molecule has 0 aromatic heterocycles. The SMILES string of the molecule is C=C(C(=O)OC)[C@@H](c1ccccc1)[C@H](O)c1ccc(C#N)cc1. The minimum absolute atomic E-state index is 0.176. The number of esters is 1. The van der Waals surface area contributed by atoms with Crippen molar-refractivity contribution < 1.29 is 14.6 Å². The van der Waals surface area contributed by atoms with Crippen LogP contribution < -0.4 is 0 Å². The van der Waals surface area contributed by atoms with Crippen molar-refractivity contribution in [2.75, 3.05) is 7.11 Å². The molecule has 23 heavy (non-hydrogen) atoms. The maximum atomic E-state index is 11.9. The number of nitrogens with zero attached hydrogens (tertiary/aromatic N) is 1. The molecule has 1 N–H and O–H groups in total. The van der Waals surface area contributed by atoms with Gasteiger partial charge in [0, 0.05) is 11.5 Å². The van der Waals surface area contributed by atoms with Crippen molar-refractivity contribution in [1.29, 1.82) is 5.26 Å². The van der Waals surface area contributed by atoms with Crippen molar-refractivity contribution in [3.8, 4) is 6.07 Å². The molecule has 0 spiro atoms. The van der Waals surface area contributed by atoms with Gasteiger partial charge in [-0.15, -0.1) is 0 Å². The van der Waals surface area contributed by atoms with Crippen molar-refractivity contribution in [3.05, 3.63) is 83.4 Å². The van der Waals surface area contributed by atoms with Gasteiger partial charge in [0.25, 0.3) is 0 Å². The quantitative estimate of drug-likeness (QED) is 0.680. The van der Waals surface area contributed by atoms with E-state index in [4.69, 9.17) is 10.00 Å². The molecule has 0 saturated carbocycles. The molecule has 2 aromatic rings. The smallest absolute Gasteiger partial charge is 0.333 e. The minimum atomic E-state index is -0.975. The molecule has 0 bridgehead atoms. The van der Waals surface area contributed by atoms with E-state index in [-0.39, 0.29) is 5.57 Å². The monoisotopic (exact) mass is 307 g/mol. The molecule has 0 aliphatic heterocycles. The van der Waals surface area contributed by atoms with Crippen LogP contribution in [0.15, 0.2) is 66.7 Å². The van der Waals surface area contributed by atoms with Gasteiger partial charge in [0.05, 0.1) is 24.8 Å². The van der Waals surface area contributed by atoms with Crippen LogP contribution in [0.3, 0.4) is 0 Å². The van der Waals surface area contributed by atoms with Crippen LogP contribution >= 0.6 is 0 Å². The Kier molecular flexibility index (Phi) is 5.29. The number of nitriles is 1. The van der Waals surface area contributed by atoms with E-state index in [9.17, 15) is 9.90 Å². The van der Waals surface area contributed by atoms with Crippen molar-refractivity contribution in [2.45, 2.75) is 12.0 Å². The third-order valence-electron chi connectivity index (χ3n) is 3.68. The van der Waals surface area contributed by atoms with E-state index in [1.165, 1.54) is 7.11 Å². The zero-order chi connectivity index (χ0) is 16.8. The van der Waals surface area contributed by atoms with Gasteiger partial charge in [0.1, 0.15) is 0 Å². The Morgan fingerprint density at radius 3 is 2.26 bits per heavy atom. The lowest BCUT2D eigenvalue weighted by Gasteiger charge is -2.24. The van der Waals surface area contributed by atoms with Gasteiger partial charge < -0.3 is 9.84 Å².